The number of carbonyl (C=O) groups is 2. The molecular weight excluding hydrogens is 464 g/mol. The Balaban J connectivity index is 1.86. The highest BCUT2D eigenvalue weighted by atomic mass is 32.2. The highest BCUT2D eigenvalue weighted by Crippen LogP contribution is 2.20. The third kappa shape index (κ3) is 8.27. The Kier molecular flexibility index (Phi) is 10.6. The molecule has 36 heavy (non-hydrogen) atoms. The zero-order valence-corrected chi connectivity index (χ0v) is 22.7. The van der Waals surface area contributed by atoms with Crippen LogP contribution in [0, 0.1) is 13.8 Å². The molecule has 0 bridgehead atoms. The molecule has 3 rings (SSSR count). The standard InChI is InChI=1S/C31H38N2O2S/c1-5-25(4)32-31(35)29(19-26-14-7-6-8-15-26)33(20-28-17-10-9-13-24(28)3)30(34)22-36-21-27-16-11-12-23(2)18-27/h6-18,25,29H,5,19-22H2,1-4H3,(H,32,35)/t25-,29-/m1/s1. The van der Waals surface area contributed by atoms with Gasteiger partial charge in [-0.1, -0.05) is 91.3 Å². The molecule has 0 unspecified atom stereocenters. The SMILES string of the molecule is CC[C@@H](C)NC(=O)[C@@H](Cc1ccccc1)N(Cc1ccccc1C)C(=O)CSCc1cccc(C)c1. The van der Waals surface area contributed by atoms with Crippen molar-refractivity contribution in [3.8, 4) is 0 Å². The van der Waals surface area contributed by atoms with E-state index in [9.17, 15) is 9.59 Å². The molecule has 0 aliphatic heterocycles. The lowest BCUT2D eigenvalue weighted by Gasteiger charge is -2.32. The van der Waals surface area contributed by atoms with E-state index in [4.69, 9.17) is 0 Å². The van der Waals surface area contributed by atoms with E-state index in [1.165, 1.54) is 11.1 Å². The van der Waals surface area contributed by atoms with E-state index < -0.39 is 6.04 Å². The number of aryl methyl sites for hydroxylation is 2. The van der Waals surface area contributed by atoms with E-state index in [0.29, 0.717) is 18.7 Å². The third-order valence-corrected chi connectivity index (χ3v) is 7.44. The van der Waals surface area contributed by atoms with E-state index >= 15 is 0 Å². The lowest BCUT2D eigenvalue weighted by Crippen LogP contribution is -2.52. The van der Waals surface area contributed by atoms with Crippen molar-refractivity contribution in [3.63, 3.8) is 0 Å². The Morgan fingerprint density at radius 2 is 1.61 bits per heavy atom. The average Bonchev–Trinajstić information content (AvgIpc) is 2.87. The van der Waals surface area contributed by atoms with Crippen LogP contribution >= 0.6 is 11.8 Å². The maximum Gasteiger partial charge on any atom is 0.243 e. The first kappa shape index (κ1) is 27.5. The Morgan fingerprint density at radius 1 is 0.917 bits per heavy atom. The van der Waals surface area contributed by atoms with Crippen molar-refractivity contribution >= 4 is 23.6 Å². The largest absolute Gasteiger partial charge is 0.352 e. The summed E-state index contributed by atoms with van der Waals surface area (Å²) in [6.07, 6.45) is 1.31. The maximum atomic E-state index is 13.7. The van der Waals surface area contributed by atoms with Crippen molar-refractivity contribution in [2.24, 2.45) is 0 Å². The lowest BCUT2D eigenvalue weighted by molar-refractivity contribution is -0.139. The molecule has 3 aromatic rings. The molecule has 0 aliphatic carbocycles. The fourth-order valence-electron chi connectivity index (χ4n) is 4.11. The topological polar surface area (TPSA) is 49.4 Å². The van der Waals surface area contributed by atoms with Crippen LogP contribution in [0.5, 0.6) is 0 Å². The highest BCUT2D eigenvalue weighted by molar-refractivity contribution is 7.99. The summed E-state index contributed by atoms with van der Waals surface area (Å²) in [5.41, 5.74) is 5.63. The molecule has 3 aromatic carbocycles. The number of thioether (sulfide) groups is 1. The molecular formula is C31H38N2O2S. The summed E-state index contributed by atoms with van der Waals surface area (Å²) >= 11 is 1.60. The van der Waals surface area contributed by atoms with Crippen molar-refractivity contribution < 1.29 is 9.59 Å². The predicted octanol–water partition coefficient (Wildman–Crippen LogP) is 6.09. The second-order valence-corrected chi connectivity index (χ2v) is 10.4. The van der Waals surface area contributed by atoms with E-state index in [2.05, 4.69) is 50.4 Å². The van der Waals surface area contributed by atoms with Crippen molar-refractivity contribution in [2.75, 3.05) is 5.75 Å². The van der Waals surface area contributed by atoms with Crippen LogP contribution in [-0.2, 0) is 28.3 Å². The fourth-order valence-corrected chi connectivity index (χ4v) is 4.96. The quantitative estimate of drug-likeness (QED) is 0.326. The maximum absolute atomic E-state index is 13.7. The number of amides is 2. The van der Waals surface area contributed by atoms with Gasteiger partial charge in [-0.3, -0.25) is 9.59 Å². The number of rotatable bonds is 12. The molecule has 0 fully saturated rings. The van der Waals surface area contributed by atoms with Gasteiger partial charge in [0.1, 0.15) is 6.04 Å². The number of benzene rings is 3. The van der Waals surface area contributed by atoms with E-state index in [1.54, 1.807) is 16.7 Å². The monoisotopic (exact) mass is 502 g/mol. The van der Waals surface area contributed by atoms with Crippen LogP contribution in [0.1, 0.15) is 48.1 Å². The van der Waals surface area contributed by atoms with Gasteiger partial charge < -0.3 is 10.2 Å². The molecule has 0 aromatic heterocycles. The molecule has 0 radical (unpaired) electrons. The van der Waals surface area contributed by atoms with Crippen molar-refractivity contribution in [3.05, 3.63) is 107 Å². The molecule has 2 amide bonds. The van der Waals surface area contributed by atoms with Gasteiger partial charge in [0.05, 0.1) is 5.75 Å². The minimum atomic E-state index is -0.590. The van der Waals surface area contributed by atoms with Gasteiger partial charge in [0.25, 0.3) is 0 Å². The van der Waals surface area contributed by atoms with E-state index in [-0.39, 0.29) is 17.9 Å². The minimum Gasteiger partial charge on any atom is -0.352 e. The Morgan fingerprint density at radius 3 is 2.31 bits per heavy atom. The van der Waals surface area contributed by atoms with Gasteiger partial charge >= 0.3 is 0 Å². The van der Waals surface area contributed by atoms with E-state index in [1.807, 2.05) is 61.5 Å². The molecule has 0 spiro atoms. The van der Waals surface area contributed by atoms with Crippen LogP contribution in [0.25, 0.3) is 0 Å². The first-order chi connectivity index (χ1) is 17.4. The second kappa shape index (κ2) is 13.9. The molecule has 1 N–H and O–H groups in total. The normalized spacial score (nSPS) is 12.6. The molecule has 2 atom stereocenters. The van der Waals surface area contributed by atoms with Crippen molar-refractivity contribution in [1.29, 1.82) is 0 Å². The number of nitrogens with one attached hydrogen (secondary N) is 1. The molecule has 4 nitrogen and oxygen atoms in total. The zero-order valence-electron chi connectivity index (χ0n) is 21.9. The van der Waals surface area contributed by atoms with Crippen molar-refractivity contribution in [2.45, 2.75) is 64.9 Å². The third-order valence-electron chi connectivity index (χ3n) is 6.45. The van der Waals surface area contributed by atoms with Gasteiger partial charge in [-0.15, -0.1) is 11.8 Å². The Bertz CT molecular complexity index is 1130. The zero-order chi connectivity index (χ0) is 25.9. The number of hydrogen-bond donors (Lipinski definition) is 1. The van der Waals surface area contributed by atoms with Crippen LogP contribution in [0.3, 0.4) is 0 Å². The second-order valence-electron chi connectivity index (χ2n) is 9.45. The molecule has 0 saturated heterocycles. The smallest absolute Gasteiger partial charge is 0.243 e. The van der Waals surface area contributed by atoms with Gasteiger partial charge in [-0.25, -0.2) is 0 Å². The number of hydrogen-bond acceptors (Lipinski definition) is 3. The van der Waals surface area contributed by atoms with Crippen molar-refractivity contribution in [1.82, 2.24) is 10.2 Å². The summed E-state index contributed by atoms with van der Waals surface area (Å²) in [7, 11) is 0. The summed E-state index contributed by atoms with van der Waals surface area (Å²) in [4.78, 5) is 29.1. The fraction of sp³-hybridized carbons (Fsp3) is 0.355. The predicted molar refractivity (Wildman–Crippen MR) is 151 cm³/mol. The summed E-state index contributed by atoms with van der Waals surface area (Å²) in [6.45, 7) is 8.59. The van der Waals surface area contributed by atoms with Crippen LogP contribution < -0.4 is 5.32 Å². The van der Waals surface area contributed by atoms with Crippen LogP contribution in [0.15, 0.2) is 78.9 Å². The Labute approximate surface area is 220 Å². The van der Waals surface area contributed by atoms with Crippen LogP contribution in [-0.4, -0.2) is 34.6 Å². The van der Waals surface area contributed by atoms with Gasteiger partial charge in [0.15, 0.2) is 0 Å². The van der Waals surface area contributed by atoms with Gasteiger partial charge in [0, 0.05) is 24.8 Å². The number of carbonyl (C=O) groups excluding carboxylic acids is 2. The van der Waals surface area contributed by atoms with Crippen LogP contribution in [0.4, 0.5) is 0 Å². The number of nitrogens with zero attached hydrogens (tertiary/aromatic N) is 1. The summed E-state index contributed by atoms with van der Waals surface area (Å²) < 4.78 is 0. The van der Waals surface area contributed by atoms with Gasteiger partial charge in [-0.05, 0) is 49.4 Å². The molecule has 0 saturated carbocycles. The van der Waals surface area contributed by atoms with Gasteiger partial charge in [-0.2, -0.15) is 0 Å². The Hall–Kier alpha value is -3.05. The van der Waals surface area contributed by atoms with Gasteiger partial charge in [0.2, 0.25) is 11.8 Å². The summed E-state index contributed by atoms with van der Waals surface area (Å²) in [5, 5.41) is 3.13. The average molecular weight is 503 g/mol. The molecule has 0 heterocycles. The highest BCUT2D eigenvalue weighted by Gasteiger charge is 2.31. The summed E-state index contributed by atoms with van der Waals surface area (Å²) in [5.74, 6) is 0.963. The minimum absolute atomic E-state index is 0.0175. The molecule has 5 heteroatoms. The van der Waals surface area contributed by atoms with Crippen LogP contribution in [0.2, 0.25) is 0 Å². The summed E-state index contributed by atoms with van der Waals surface area (Å²) in [6, 6.07) is 25.9. The first-order valence-electron chi connectivity index (χ1n) is 12.7. The molecule has 190 valence electrons. The first-order valence-corrected chi connectivity index (χ1v) is 13.8. The lowest BCUT2D eigenvalue weighted by atomic mass is 10.0. The molecule has 0 aliphatic rings. The van der Waals surface area contributed by atoms with E-state index in [0.717, 1.165) is 28.9 Å².